The zero-order chi connectivity index (χ0) is 11.3. The van der Waals surface area contributed by atoms with Gasteiger partial charge in [0.05, 0.1) is 0 Å². The van der Waals surface area contributed by atoms with Gasteiger partial charge in [-0.1, -0.05) is 6.92 Å². The highest BCUT2D eigenvalue weighted by Crippen LogP contribution is 2.08. The van der Waals surface area contributed by atoms with Crippen molar-refractivity contribution in [2.24, 2.45) is 0 Å². The molecule has 1 unspecified atom stereocenters. The number of hydrogen-bond donors (Lipinski definition) is 2. The lowest BCUT2D eigenvalue weighted by Gasteiger charge is -2.08. The predicted molar refractivity (Wildman–Crippen MR) is 59.8 cm³/mol. The number of nitrogens with one attached hydrogen (secondary N) is 1. The Kier molecular flexibility index (Phi) is 4.42. The zero-order valence-corrected chi connectivity index (χ0v) is 9.13. The molecular formula is C10H12FNO2S. The number of carbonyl (C=O) groups is 1. The summed E-state index contributed by atoms with van der Waals surface area (Å²) in [5.41, 5.74) is 0.494. The summed E-state index contributed by atoms with van der Waals surface area (Å²) in [4.78, 5) is 11.1. The molecule has 0 aliphatic carbocycles. The van der Waals surface area contributed by atoms with Gasteiger partial charge >= 0.3 is 6.09 Å². The van der Waals surface area contributed by atoms with E-state index in [1.807, 2.05) is 6.92 Å². The van der Waals surface area contributed by atoms with Gasteiger partial charge in [-0.15, -0.1) is 0 Å². The monoisotopic (exact) mass is 229 g/mol. The van der Waals surface area contributed by atoms with E-state index in [0.717, 1.165) is 0 Å². The van der Waals surface area contributed by atoms with Crippen LogP contribution in [0.25, 0.3) is 0 Å². The Balaban J connectivity index is 2.41. The Morgan fingerprint density at radius 1 is 1.53 bits per heavy atom. The summed E-state index contributed by atoms with van der Waals surface area (Å²) in [6.07, 6.45) is -0.567. The molecule has 82 valence electrons. The fourth-order valence-electron chi connectivity index (χ4n) is 0.883. The number of hydrogen-bond acceptors (Lipinski definition) is 3. The molecule has 0 heterocycles. The van der Waals surface area contributed by atoms with Crippen LogP contribution < -0.4 is 5.32 Å². The maximum atomic E-state index is 12.5. The average molecular weight is 229 g/mol. The molecule has 1 rings (SSSR count). The minimum atomic E-state index is -0.567. The first-order valence-electron chi connectivity index (χ1n) is 4.45. The van der Waals surface area contributed by atoms with Crippen LogP contribution in [0.4, 0.5) is 14.9 Å². The van der Waals surface area contributed by atoms with Crippen LogP contribution >= 0.6 is 12.6 Å². The van der Waals surface area contributed by atoms with Crippen LogP contribution in [0.2, 0.25) is 0 Å². The van der Waals surface area contributed by atoms with Gasteiger partial charge in [0.15, 0.2) is 0 Å². The van der Waals surface area contributed by atoms with Gasteiger partial charge in [-0.25, -0.2) is 9.18 Å². The lowest BCUT2D eigenvalue weighted by atomic mass is 10.3. The number of rotatable bonds is 3. The van der Waals surface area contributed by atoms with Gasteiger partial charge in [0.2, 0.25) is 0 Å². The standard InChI is InChI=1S/C10H12FNO2S/c1-7(15)6-14-10(13)12-9-4-2-8(11)3-5-9/h2-5,7,15H,6H2,1H3,(H,12,13). The van der Waals surface area contributed by atoms with Crippen molar-refractivity contribution in [2.45, 2.75) is 12.2 Å². The molecule has 0 radical (unpaired) electrons. The third-order valence-electron chi connectivity index (χ3n) is 1.55. The van der Waals surface area contributed by atoms with Crippen LogP contribution in [0.15, 0.2) is 24.3 Å². The molecule has 0 bridgehead atoms. The molecule has 1 atom stereocenters. The molecule has 5 heteroatoms. The van der Waals surface area contributed by atoms with Crippen LogP contribution in [-0.2, 0) is 4.74 Å². The van der Waals surface area contributed by atoms with Crippen LogP contribution in [0.1, 0.15) is 6.92 Å². The zero-order valence-electron chi connectivity index (χ0n) is 8.24. The predicted octanol–water partition coefficient (Wildman–Crippen LogP) is 2.69. The van der Waals surface area contributed by atoms with E-state index in [2.05, 4.69) is 17.9 Å². The molecule has 0 saturated carbocycles. The Labute approximate surface area is 93.0 Å². The highest BCUT2D eigenvalue weighted by molar-refractivity contribution is 7.80. The summed E-state index contributed by atoms with van der Waals surface area (Å²) in [6, 6.07) is 5.44. The molecule has 0 aromatic heterocycles. The molecule has 0 saturated heterocycles. The molecule has 0 aliphatic rings. The van der Waals surface area contributed by atoms with Gasteiger partial charge in [0, 0.05) is 10.9 Å². The first-order chi connectivity index (χ1) is 7.08. The Morgan fingerprint density at radius 3 is 2.67 bits per heavy atom. The topological polar surface area (TPSA) is 38.3 Å². The number of benzene rings is 1. The van der Waals surface area contributed by atoms with Crippen molar-refractivity contribution in [3.63, 3.8) is 0 Å². The number of amides is 1. The summed E-state index contributed by atoms with van der Waals surface area (Å²) < 4.78 is 17.3. The van der Waals surface area contributed by atoms with E-state index in [1.165, 1.54) is 24.3 Å². The molecular weight excluding hydrogens is 217 g/mol. The molecule has 0 aliphatic heterocycles. The third kappa shape index (κ3) is 4.69. The maximum Gasteiger partial charge on any atom is 0.411 e. The Hall–Kier alpha value is -1.23. The fourth-order valence-corrected chi connectivity index (χ4v) is 0.958. The second-order valence-electron chi connectivity index (χ2n) is 3.08. The van der Waals surface area contributed by atoms with Gasteiger partial charge < -0.3 is 4.74 Å². The fraction of sp³-hybridized carbons (Fsp3) is 0.300. The first-order valence-corrected chi connectivity index (χ1v) is 4.97. The van der Waals surface area contributed by atoms with E-state index < -0.39 is 6.09 Å². The van der Waals surface area contributed by atoms with E-state index in [1.54, 1.807) is 0 Å². The Bertz CT molecular complexity index is 327. The van der Waals surface area contributed by atoms with E-state index in [-0.39, 0.29) is 17.7 Å². The van der Waals surface area contributed by atoms with Crippen molar-refractivity contribution in [2.75, 3.05) is 11.9 Å². The van der Waals surface area contributed by atoms with E-state index >= 15 is 0 Å². The first kappa shape index (κ1) is 11.8. The van der Waals surface area contributed by atoms with Crippen molar-refractivity contribution < 1.29 is 13.9 Å². The molecule has 1 aromatic carbocycles. The molecule has 0 fully saturated rings. The van der Waals surface area contributed by atoms with Gasteiger partial charge in [0.25, 0.3) is 0 Å². The molecule has 15 heavy (non-hydrogen) atoms. The van der Waals surface area contributed by atoms with Gasteiger partial charge in [0.1, 0.15) is 12.4 Å². The molecule has 1 amide bonds. The largest absolute Gasteiger partial charge is 0.448 e. The summed E-state index contributed by atoms with van der Waals surface area (Å²) in [5, 5.41) is 2.45. The van der Waals surface area contributed by atoms with Crippen molar-refractivity contribution in [1.82, 2.24) is 0 Å². The van der Waals surface area contributed by atoms with E-state index in [0.29, 0.717) is 5.69 Å². The normalized spacial score (nSPS) is 11.9. The molecule has 3 nitrogen and oxygen atoms in total. The lowest BCUT2D eigenvalue weighted by molar-refractivity contribution is 0.163. The summed E-state index contributed by atoms with van der Waals surface area (Å²) in [7, 11) is 0. The molecule has 0 spiro atoms. The molecule has 1 N–H and O–H groups in total. The minimum Gasteiger partial charge on any atom is -0.448 e. The number of halogens is 1. The van der Waals surface area contributed by atoms with Crippen LogP contribution in [-0.4, -0.2) is 18.0 Å². The number of thiol groups is 1. The van der Waals surface area contributed by atoms with Gasteiger partial charge in [-0.3, -0.25) is 5.32 Å². The number of carbonyl (C=O) groups excluding carboxylic acids is 1. The number of ether oxygens (including phenoxy) is 1. The second-order valence-corrected chi connectivity index (χ2v) is 3.96. The Morgan fingerprint density at radius 2 is 2.13 bits per heavy atom. The van der Waals surface area contributed by atoms with Crippen molar-refractivity contribution in [1.29, 1.82) is 0 Å². The highest BCUT2D eigenvalue weighted by Gasteiger charge is 2.04. The van der Waals surface area contributed by atoms with Crippen molar-refractivity contribution in [3.05, 3.63) is 30.1 Å². The quantitative estimate of drug-likeness (QED) is 0.782. The molecule has 1 aromatic rings. The maximum absolute atomic E-state index is 12.5. The lowest BCUT2D eigenvalue weighted by Crippen LogP contribution is -2.17. The SMILES string of the molecule is CC(S)COC(=O)Nc1ccc(F)cc1. The van der Waals surface area contributed by atoms with Gasteiger partial charge in [-0.05, 0) is 24.3 Å². The highest BCUT2D eigenvalue weighted by atomic mass is 32.1. The average Bonchev–Trinajstić information content (AvgIpc) is 2.19. The van der Waals surface area contributed by atoms with Crippen molar-refractivity contribution >= 4 is 24.4 Å². The van der Waals surface area contributed by atoms with Crippen LogP contribution in [0, 0.1) is 5.82 Å². The minimum absolute atomic E-state index is 0.0102. The van der Waals surface area contributed by atoms with E-state index in [4.69, 9.17) is 4.74 Å². The van der Waals surface area contributed by atoms with E-state index in [9.17, 15) is 9.18 Å². The summed E-state index contributed by atoms with van der Waals surface area (Å²) in [6.45, 7) is 2.05. The second kappa shape index (κ2) is 5.60. The summed E-state index contributed by atoms with van der Waals surface area (Å²) in [5.74, 6) is -0.349. The smallest absolute Gasteiger partial charge is 0.411 e. The summed E-state index contributed by atoms with van der Waals surface area (Å²) >= 11 is 4.06. The third-order valence-corrected chi connectivity index (χ3v) is 1.70. The number of anilines is 1. The van der Waals surface area contributed by atoms with Gasteiger partial charge in [-0.2, -0.15) is 12.6 Å². The van der Waals surface area contributed by atoms with Crippen LogP contribution in [0.3, 0.4) is 0 Å². The van der Waals surface area contributed by atoms with Crippen molar-refractivity contribution in [3.8, 4) is 0 Å². The van der Waals surface area contributed by atoms with Crippen LogP contribution in [0.5, 0.6) is 0 Å².